The van der Waals surface area contributed by atoms with Crippen molar-refractivity contribution >= 4 is 41.5 Å². The molecule has 1 atom stereocenters. The summed E-state index contributed by atoms with van der Waals surface area (Å²) < 4.78 is 17.2. The van der Waals surface area contributed by atoms with Crippen molar-refractivity contribution in [3.8, 4) is 0 Å². The van der Waals surface area contributed by atoms with E-state index in [4.69, 9.17) is 14.1 Å². The summed E-state index contributed by atoms with van der Waals surface area (Å²) in [5, 5.41) is 0.644. The number of rotatable bonds is 3. The van der Waals surface area contributed by atoms with Crippen LogP contribution in [0.4, 0.5) is 0 Å². The van der Waals surface area contributed by atoms with Gasteiger partial charge in [-0.25, -0.2) is 0 Å². The molecule has 0 N–H and O–H groups in total. The van der Waals surface area contributed by atoms with Crippen LogP contribution in [0.15, 0.2) is 29.2 Å². The maximum absolute atomic E-state index is 11.7. The van der Waals surface area contributed by atoms with Gasteiger partial charge in [-0.15, -0.1) is 0 Å². The molecule has 0 fully saturated rings. The minimum absolute atomic E-state index is 0.644. The van der Waals surface area contributed by atoms with Crippen LogP contribution in [0.25, 0.3) is 0 Å². The quantitative estimate of drug-likeness (QED) is 0.791. The third-order valence-electron chi connectivity index (χ3n) is 1.33. The predicted molar refractivity (Wildman–Crippen MR) is 62.3 cm³/mol. The van der Waals surface area contributed by atoms with E-state index >= 15 is 0 Å². The first-order chi connectivity index (χ1) is 6.38. The summed E-state index contributed by atoms with van der Waals surface area (Å²) in [5.74, 6) is 0. The SMILES string of the molecule is [CH3][Sn]([CH3])([CH3])[O]S(=O)c1ccc(Cl)cc1. The molecule has 1 unspecified atom stereocenters. The van der Waals surface area contributed by atoms with Crippen molar-refractivity contribution in [2.75, 3.05) is 0 Å². The first-order valence-corrected chi connectivity index (χ1v) is 15.4. The predicted octanol–water partition coefficient (Wildman–Crippen LogP) is 3.21. The first-order valence-electron chi connectivity index (χ1n) is 4.25. The number of hydrogen-bond acceptors (Lipinski definition) is 2. The van der Waals surface area contributed by atoms with Crippen molar-refractivity contribution in [1.82, 2.24) is 0 Å². The van der Waals surface area contributed by atoms with Gasteiger partial charge in [-0.1, -0.05) is 0 Å². The molecule has 0 spiro atoms. The van der Waals surface area contributed by atoms with E-state index in [1.807, 2.05) is 0 Å². The standard InChI is InChI=1S/C6H5ClO2S.3CH3.Sn/c7-5-1-3-6(4-2-5)10(8)9;;;;/h1-4H,(H,8,9);3*1H3;/q;;;;+1/p-1. The summed E-state index contributed by atoms with van der Waals surface area (Å²) in [7, 11) is 0. The van der Waals surface area contributed by atoms with E-state index in [0.29, 0.717) is 9.92 Å². The van der Waals surface area contributed by atoms with Gasteiger partial charge in [-0.05, 0) is 0 Å². The second kappa shape index (κ2) is 4.96. The Hall–Kier alpha value is 0.419. The van der Waals surface area contributed by atoms with E-state index in [0.717, 1.165) is 0 Å². The second-order valence-electron chi connectivity index (χ2n) is 3.88. The van der Waals surface area contributed by atoms with Crippen molar-refractivity contribution in [2.24, 2.45) is 0 Å². The third kappa shape index (κ3) is 4.29. The molecule has 0 aromatic heterocycles. The molecule has 0 radical (unpaired) electrons. The van der Waals surface area contributed by atoms with Crippen molar-refractivity contribution in [2.45, 2.75) is 19.7 Å². The van der Waals surface area contributed by atoms with E-state index in [-0.39, 0.29) is 0 Å². The molecule has 14 heavy (non-hydrogen) atoms. The van der Waals surface area contributed by atoms with Gasteiger partial charge in [0.15, 0.2) is 0 Å². The van der Waals surface area contributed by atoms with Gasteiger partial charge in [0.2, 0.25) is 0 Å². The van der Waals surface area contributed by atoms with Gasteiger partial charge < -0.3 is 0 Å². The molecule has 0 saturated carbocycles. The Morgan fingerprint density at radius 3 is 2.14 bits per heavy atom. The molecular weight excluding hydrogens is 326 g/mol. The molecular formula is C9H13ClO2SSn. The fourth-order valence-electron chi connectivity index (χ4n) is 0.821. The summed E-state index contributed by atoms with van der Waals surface area (Å²) in [6, 6.07) is 6.90. The summed E-state index contributed by atoms with van der Waals surface area (Å²) in [6.45, 7) is 0. The van der Waals surface area contributed by atoms with E-state index in [1.165, 1.54) is 0 Å². The van der Waals surface area contributed by atoms with Gasteiger partial charge in [0.25, 0.3) is 0 Å². The Morgan fingerprint density at radius 1 is 1.21 bits per heavy atom. The van der Waals surface area contributed by atoms with E-state index in [9.17, 15) is 4.21 Å². The zero-order valence-electron chi connectivity index (χ0n) is 8.41. The molecule has 0 aliphatic rings. The van der Waals surface area contributed by atoms with Crippen LogP contribution < -0.4 is 0 Å². The molecule has 0 aliphatic heterocycles. The summed E-state index contributed by atoms with van der Waals surface area (Å²) >= 11 is 1.96. The van der Waals surface area contributed by atoms with Crippen molar-refractivity contribution in [1.29, 1.82) is 0 Å². The summed E-state index contributed by atoms with van der Waals surface area (Å²) in [4.78, 5) is 6.90. The molecule has 0 heterocycles. The zero-order chi connectivity index (χ0) is 10.8. The molecule has 5 heteroatoms. The molecule has 0 amide bonds. The Bertz CT molecular complexity index is 332. The van der Waals surface area contributed by atoms with Crippen LogP contribution in [0, 0.1) is 0 Å². The summed E-state index contributed by atoms with van der Waals surface area (Å²) in [6.07, 6.45) is 0. The second-order valence-corrected chi connectivity index (χ2v) is 18.9. The molecule has 1 aromatic carbocycles. The van der Waals surface area contributed by atoms with Crippen LogP contribution in [-0.2, 0) is 13.6 Å². The number of benzene rings is 1. The fraction of sp³-hybridized carbons (Fsp3) is 0.333. The third-order valence-corrected chi connectivity index (χ3v) is 8.47. The van der Waals surface area contributed by atoms with E-state index in [2.05, 4.69) is 14.8 Å². The van der Waals surface area contributed by atoms with Crippen LogP contribution in [0.1, 0.15) is 0 Å². The van der Waals surface area contributed by atoms with Gasteiger partial charge >= 0.3 is 97.2 Å². The van der Waals surface area contributed by atoms with E-state index in [1.54, 1.807) is 24.3 Å². The minimum atomic E-state index is -2.43. The Balaban J connectivity index is 2.76. The van der Waals surface area contributed by atoms with Crippen molar-refractivity contribution < 1.29 is 6.73 Å². The monoisotopic (exact) mass is 340 g/mol. The van der Waals surface area contributed by atoms with Gasteiger partial charge in [0.05, 0.1) is 0 Å². The Morgan fingerprint density at radius 2 is 1.71 bits per heavy atom. The molecule has 0 aliphatic carbocycles. The molecule has 2 nitrogen and oxygen atoms in total. The molecule has 78 valence electrons. The van der Waals surface area contributed by atoms with Crippen LogP contribution in [0.2, 0.25) is 19.8 Å². The fourth-order valence-corrected chi connectivity index (χ4v) is 6.57. The van der Waals surface area contributed by atoms with Crippen LogP contribution in [0.5, 0.6) is 0 Å². The Labute approximate surface area is 96.7 Å². The normalized spacial score (nSPS) is 14.0. The zero-order valence-corrected chi connectivity index (χ0v) is 12.8. The van der Waals surface area contributed by atoms with Gasteiger partial charge in [-0.2, -0.15) is 0 Å². The molecule has 0 saturated heterocycles. The van der Waals surface area contributed by atoms with Gasteiger partial charge in [0, 0.05) is 0 Å². The molecule has 1 aromatic rings. The first kappa shape index (κ1) is 12.5. The topological polar surface area (TPSA) is 26.3 Å². The van der Waals surface area contributed by atoms with Crippen LogP contribution in [-0.4, -0.2) is 23.0 Å². The van der Waals surface area contributed by atoms with Gasteiger partial charge in [-0.3, -0.25) is 0 Å². The van der Waals surface area contributed by atoms with Crippen molar-refractivity contribution in [3.63, 3.8) is 0 Å². The average molecular weight is 339 g/mol. The van der Waals surface area contributed by atoms with Crippen LogP contribution in [0.3, 0.4) is 0 Å². The average Bonchev–Trinajstić information content (AvgIpc) is 2.02. The number of hydrogen-bond donors (Lipinski definition) is 0. The van der Waals surface area contributed by atoms with Crippen LogP contribution >= 0.6 is 11.6 Å². The maximum atomic E-state index is 11.7. The molecule has 0 bridgehead atoms. The Kier molecular flexibility index (Phi) is 4.43. The number of halogens is 1. The summed E-state index contributed by atoms with van der Waals surface area (Å²) in [5.41, 5.74) is 0. The van der Waals surface area contributed by atoms with Crippen molar-refractivity contribution in [3.05, 3.63) is 29.3 Å². The van der Waals surface area contributed by atoms with Gasteiger partial charge in [0.1, 0.15) is 0 Å². The van der Waals surface area contributed by atoms with E-state index < -0.39 is 29.9 Å². The molecule has 1 rings (SSSR count).